The zero-order valence-electron chi connectivity index (χ0n) is 12.4. The molecule has 1 atom stereocenters. The van der Waals surface area contributed by atoms with Gasteiger partial charge in [-0.05, 0) is 37.5 Å². The summed E-state index contributed by atoms with van der Waals surface area (Å²) in [6.45, 7) is 2.55. The molecule has 0 aliphatic heterocycles. The zero-order chi connectivity index (χ0) is 14.6. The van der Waals surface area contributed by atoms with Gasteiger partial charge in [-0.15, -0.1) is 12.4 Å². The third-order valence-corrected chi connectivity index (χ3v) is 4.40. The molecule has 118 valence electrons. The van der Waals surface area contributed by atoms with Crippen molar-refractivity contribution in [2.24, 2.45) is 5.73 Å². The van der Waals surface area contributed by atoms with Crippen molar-refractivity contribution in [2.45, 2.75) is 50.5 Å². The Hall–Kier alpha value is -0.770. The molecule has 1 aromatic rings. The fraction of sp³-hybridized carbons (Fsp3) is 0.562. The number of rotatable bonds is 5. The maximum Gasteiger partial charge on any atom is 0.221 e. The first kappa shape index (κ1) is 18.3. The molecule has 1 fully saturated rings. The van der Waals surface area contributed by atoms with Crippen LogP contribution in [0.25, 0.3) is 0 Å². The molecule has 0 aromatic heterocycles. The lowest BCUT2D eigenvalue weighted by atomic mass is 9.79. The van der Waals surface area contributed by atoms with Crippen LogP contribution >= 0.6 is 24.0 Å². The van der Waals surface area contributed by atoms with Crippen molar-refractivity contribution in [3.8, 4) is 0 Å². The predicted molar refractivity (Wildman–Crippen MR) is 90.1 cm³/mol. The van der Waals surface area contributed by atoms with Gasteiger partial charge in [0.25, 0.3) is 0 Å². The molecular formula is C16H24Cl2N2O. The average molecular weight is 331 g/mol. The molecule has 0 bridgehead atoms. The van der Waals surface area contributed by atoms with E-state index < -0.39 is 0 Å². The lowest BCUT2D eigenvalue weighted by Gasteiger charge is -2.30. The Balaban J connectivity index is 0.00000220. The highest BCUT2D eigenvalue weighted by atomic mass is 35.5. The monoisotopic (exact) mass is 330 g/mol. The van der Waals surface area contributed by atoms with Gasteiger partial charge in [0.05, 0.1) is 0 Å². The van der Waals surface area contributed by atoms with E-state index in [-0.39, 0.29) is 29.8 Å². The second-order valence-electron chi connectivity index (χ2n) is 5.95. The third kappa shape index (κ3) is 4.87. The normalized spacial score (nSPS) is 17.9. The molecule has 1 aliphatic carbocycles. The standard InChI is InChI=1S/C16H23ClN2O.ClH/c1-12(18)10-15(20)19-11-16(8-2-3-9-16)13-4-6-14(17)7-5-13;/h4-7,12H,2-3,8-11,18H2,1H3,(H,19,20);1H. The van der Waals surface area contributed by atoms with Crippen molar-refractivity contribution in [3.63, 3.8) is 0 Å². The van der Waals surface area contributed by atoms with Crippen LogP contribution in [0.2, 0.25) is 5.02 Å². The van der Waals surface area contributed by atoms with E-state index in [4.69, 9.17) is 17.3 Å². The molecule has 0 spiro atoms. The Bertz CT molecular complexity index is 454. The fourth-order valence-electron chi connectivity index (χ4n) is 3.06. The minimum absolute atomic E-state index is 0. The molecule has 1 aromatic carbocycles. The van der Waals surface area contributed by atoms with Gasteiger partial charge in [0, 0.05) is 29.4 Å². The second kappa shape index (κ2) is 8.02. The first-order valence-corrected chi connectivity index (χ1v) is 7.68. The van der Waals surface area contributed by atoms with Gasteiger partial charge in [-0.2, -0.15) is 0 Å². The van der Waals surface area contributed by atoms with Crippen LogP contribution in [0.4, 0.5) is 0 Å². The lowest BCUT2D eigenvalue weighted by Crippen LogP contribution is -2.40. The first-order valence-electron chi connectivity index (χ1n) is 7.30. The fourth-order valence-corrected chi connectivity index (χ4v) is 3.18. The first-order chi connectivity index (χ1) is 9.52. The van der Waals surface area contributed by atoms with Crippen molar-refractivity contribution in [1.29, 1.82) is 0 Å². The second-order valence-corrected chi connectivity index (χ2v) is 6.39. The maximum atomic E-state index is 11.8. The minimum atomic E-state index is -0.0925. The molecule has 3 N–H and O–H groups in total. The highest BCUT2D eigenvalue weighted by Gasteiger charge is 2.35. The van der Waals surface area contributed by atoms with E-state index in [1.54, 1.807) is 0 Å². The number of hydrogen-bond donors (Lipinski definition) is 2. The molecule has 0 radical (unpaired) electrons. The Morgan fingerprint density at radius 2 is 1.90 bits per heavy atom. The van der Waals surface area contributed by atoms with Crippen LogP contribution in [0.5, 0.6) is 0 Å². The lowest BCUT2D eigenvalue weighted by molar-refractivity contribution is -0.121. The Morgan fingerprint density at radius 3 is 2.43 bits per heavy atom. The van der Waals surface area contributed by atoms with Crippen LogP contribution in [0.1, 0.15) is 44.6 Å². The smallest absolute Gasteiger partial charge is 0.221 e. The van der Waals surface area contributed by atoms with Gasteiger partial charge in [0.15, 0.2) is 0 Å². The predicted octanol–water partition coefficient (Wildman–Crippen LogP) is 3.43. The van der Waals surface area contributed by atoms with Crippen LogP contribution < -0.4 is 11.1 Å². The quantitative estimate of drug-likeness (QED) is 0.868. The summed E-state index contributed by atoms with van der Waals surface area (Å²) in [6.07, 6.45) is 5.05. The summed E-state index contributed by atoms with van der Waals surface area (Å²) in [4.78, 5) is 11.8. The summed E-state index contributed by atoms with van der Waals surface area (Å²) >= 11 is 5.96. The van der Waals surface area contributed by atoms with E-state index in [0.29, 0.717) is 13.0 Å². The highest BCUT2D eigenvalue weighted by molar-refractivity contribution is 6.30. The number of halogens is 2. The topological polar surface area (TPSA) is 55.1 Å². The van der Waals surface area contributed by atoms with Crippen molar-refractivity contribution in [2.75, 3.05) is 6.54 Å². The number of hydrogen-bond acceptors (Lipinski definition) is 2. The molecule has 0 saturated heterocycles. The van der Waals surface area contributed by atoms with Gasteiger partial charge >= 0.3 is 0 Å². The van der Waals surface area contributed by atoms with Crippen molar-refractivity contribution in [3.05, 3.63) is 34.9 Å². The summed E-state index contributed by atoms with van der Waals surface area (Å²) in [5.41, 5.74) is 7.01. The van der Waals surface area contributed by atoms with Crippen LogP contribution in [0.15, 0.2) is 24.3 Å². The number of carbonyl (C=O) groups is 1. The summed E-state index contributed by atoms with van der Waals surface area (Å²) in [5, 5.41) is 3.81. The molecule has 21 heavy (non-hydrogen) atoms. The van der Waals surface area contributed by atoms with Gasteiger partial charge in [-0.1, -0.05) is 36.6 Å². The number of nitrogens with one attached hydrogen (secondary N) is 1. The van der Waals surface area contributed by atoms with Gasteiger partial charge in [0.2, 0.25) is 5.91 Å². The Labute approximate surface area is 138 Å². The molecule has 0 heterocycles. The van der Waals surface area contributed by atoms with Gasteiger partial charge in [-0.25, -0.2) is 0 Å². The van der Waals surface area contributed by atoms with Crippen molar-refractivity contribution in [1.82, 2.24) is 5.32 Å². The van der Waals surface area contributed by atoms with Crippen LogP contribution in [-0.4, -0.2) is 18.5 Å². The van der Waals surface area contributed by atoms with Crippen molar-refractivity contribution < 1.29 is 4.79 Å². The van der Waals surface area contributed by atoms with E-state index in [0.717, 1.165) is 17.9 Å². The van der Waals surface area contributed by atoms with Crippen molar-refractivity contribution >= 4 is 29.9 Å². The van der Waals surface area contributed by atoms with E-state index >= 15 is 0 Å². The van der Waals surface area contributed by atoms with E-state index in [2.05, 4.69) is 17.4 Å². The molecule has 1 saturated carbocycles. The van der Waals surface area contributed by atoms with Crippen LogP contribution in [0.3, 0.4) is 0 Å². The Kier molecular flexibility index (Phi) is 6.98. The Morgan fingerprint density at radius 1 is 1.33 bits per heavy atom. The molecule has 1 amide bonds. The summed E-state index contributed by atoms with van der Waals surface area (Å²) < 4.78 is 0. The molecule has 5 heteroatoms. The largest absolute Gasteiger partial charge is 0.355 e. The van der Waals surface area contributed by atoms with Gasteiger partial charge in [0.1, 0.15) is 0 Å². The van der Waals surface area contributed by atoms with E-state index in [9.17, 15) is 4.79 Å². The van der Waals surface area contributed by atoms with Gasteiger partial charge < -0.3 is 11.1 Å². The van der Waals surface area contributed by atoms with E-state index in [1.807, 2.05) is 19.1 Å². The SMILES string of the molecule is CC(N)CC(=O)NCC1(c2ccc(Cl)cc2)CCCC1.Cl. The summed E-state index contributed by atoms with van der Waals surface area (Å²) in [6, 6.07) is 7.95. The molecule has 1 aliphatic rings. The summed E-state index contributed by atoms with van der Waals surface area (Å²) in [7, 11) is 0. The van der Waals surface area contributed by atoms with Crippen LogP contribution in [0, 0.1) is 0 Å². The zero-order valence-corrected chi connectivity index (χ0v) is 14.0. The van der Waals surface area contributed by atoms with Gasteiger partial charge in [-0.3, -0.25) is 4.79 Å². The number of nitrogens with two attached hydrogens (primary N) is 1. The number of amides is 1. The van der Waals surface area contributed by atoms with Crippen LogP contribution in [-0.2, 0) is 10.2 Å². The minimum Gasteiger partial charge on any atom is -0.355 e. The highest BCUT2D eigenvalue weighted by Crippen LogP contribution is 2.40. The molecule has 3 nitrogen and oxygen atoms in total. The maximum absolute atomic E-state index is 11.8. The molecule has 1 unspecified atom stereocenters. The summed E-state index contributed by atoms with van der Waals surface area (Å²) in [5.74, 6) is 0.0419. The van der Waals surface area contributed by atoms with E-state index in [1.165, 1.54) is 18.4 Å². The number of carbonyl (C=O) groups excluding carboxylic acids is 1. The average Bonchev–Trinajstić information content (AvgIpc) is 2.86. The molecule has 2 rings (SSSR count). The number of benzene rings is 1. The third-order valence-electron chi connectivity index (χ3n) is 4.15. The molecular weight excluding hydrogens is 307 g/mol.